The molecule has 1 rings (SSSR count). The topological polar surface area (TPSA) is 49.4 Å². The van der Waals surface area contributed by atoms with Gasteiger partial charge in [0.1, 0.15) is 12.2 Å². The molecule has 0 bridgehead atoms. The van der Waals surface area contributed by atoms with Gasteiger partial charge in [0.25, 0.3) is 0 Å². The van der Waals surface area contributed by atoms with Gasteiger partial charge in [0.15, 0.2) is 0 Å². The molecule has 1 fully saturated rings. The van der Waals surface area contributed by atoms with Crippen LogP contribution in [-0.4, -0.2) is 42.0 Å². The van der Waals surface area contributed by atoms with Crippen molar-refractivity contribution >= 4 is 11.8 Å². The zero-order valence-electron chi connectivity index (χ0n) is 8.47. The Morgan fingerprint density at radius 2 is 2.21 bits per heavy atom. The van der Waals surface area contributed by atoms with Crippen molar-refractivity contribution < 1.29 is 14.0 Å². The van der Waals surface area contributed by atoms with Gasteiger partial charge in [0.2, 0.25) is 11.8 Å². The van der Waals surface area contributed by atoms with Gasteiger partial charge in [-0.25, -0.2) is 4.39 Å². The van der Waals surface area contributed by atoms with E-state index in [4.69, 9.17) is 0 Å². The summed E-state index contributed by atoms with van der Waals surface area (Å²) in [6, 6.07) is 0. The van der Waals surface area contributed by atoms with Gasteiger partial charge in [-0.05, 0) is 13.3 Å². The minimum absolute atomic E-state index is 0.00338. The van der Waals surface area contributed by atoms with E-state index in [1.165, 1.54) is 4.90 Å². The number of hydrogen-bond donors (Lipinski definition) is 1. The highest BCUT2D eigenvalue weighted by molar-refractivity contribution is 5.97. The van der Waals surface area contributed by atoms with Crippen LogP contribution in [0.3, 0.4) is 0 Å². The highest BCUT2D eigenvalue weighted by Crippen LogP contribution is 2.22. The number of halogens is 1. The smallest absolute Gasteiger partial charge is 0.246 e. The Morgan fingerprint density at radius 1 is 1.57 bits per heavy atom. The van der Waals surface area contributed by atoms with Gasteiger partial charge in [-0.15, -0.1) is 0 Å². The second kappa shape index (κ2) is 3.94. The van der Waals surface area contributed by atoms with Gasteiger partial charge >= 0.3 is 0 Å². The lowest BCUT2D eigenvalue weighted by molar-refractivity contribution is -0.153. The molecule has 14 heavy (non-hydrogen) atoms. The van der Waals surface area contributed by atoms with Gasteiger partial charge in [0, 0.05) is 0 Å². The number of nitrogens with one attached hydrogen (secondary N) is 1. The van der Waals surface area contributed by atoms with Gasteiger partial charge in [-0.1, -0.05) is 6.92 Å². The predicted molar refractivity (Wildman–Crippen MR) is 49.4 cm³/mol. The van der Waals surface area contributed by atoms with E-state index in [1.54, 1.807) is 6.92 Å². The Hall–Kier alpha value is -1.13. The third-order valence-corrected chi connectivity index (χ3v) is 2.78. The first-order valence-corrected chi connectivity index (χ1v) is 4.71. The first-order chi connectivity index (χ1) is 6.56. The molecule has 1 atom stereocenters. The minimum atomic E-state index is -0.887. The minimum Gasteiger partial charge on any atom is -0.345 e. The Morgan fingerprint density at radius 3 is 2.71 bits per heavy atom. The summed E-state index contributed by atoms with van der Waals surface area (Å²) in [5.41, 5.74) is -0.887. The second-order valence-electron chi connectivity index (χ2n) is 3.54. The lowest BCUT2D eigenvalue weighted by Crippen LogP contribution is -2.65. The first kappa shape index (κ1) is 10.9. The van der Waals surface area contributed by atoms with Crippen molar-refractivity contribution in [2.45, 2.75) is 25.8 Å². The fourth-order valence-corrected chi connectivity index (χ4v) is 1.65. The van der Waals surface area contributed by atoms with E-state index in [-0.39, 0.29) is 24.9 Å². The van der Waals surface area contributed by atoms with Gasteiger partial charge in [-0.2, -0.15) is 0 Å². The maximum Gasteiger partial charge on any atom is 0.246 e. The van der Waals surface area contributed by atoms with Crippen molar-refractivity contribution in [1.29, 1.82) is 0 Å². The van der Waals surface area contributed by atoms with Crippen LogP contribution in [0.15, 0.2) is 0 Å². The van der Waals surface area contributed by atoms with Gasteiger partial charge < -0.3 is 10.2 Å². The van der Waals surface area contributed by atoms with Crippen molar-refractivity contribution in [3.05, 3.63) is 0 Å². The number of carbonyl (C=O) groups excluding carboxylic acids is 2. The largest absolute Gasteiger partial charge is 0.345 e. The molecule has 2 amide bonds. The number of hydrogen-bond acceptors (Lipinski definition) is 2. The van der Waals surface area contributed by atoms with Crippen LogP contribution in [0.4, 0.5) is 4.39 Å². The number of nitrogens with zero attached hydrogens (tertiary/aromatic N) is 1. The second-order valence-corrected chi connectivity index (χ2v) is 3.54. The van der Waals surface area contributed by atoms with Crippen LogP contribution >= 0.6 is 0 Å². The van der Waals surface area contributed by atoms with Crippen LogP contribution in [0.1, 0.15) is 20.3 Å². The Bertz CT molecular complexity index is 257. The Balaban J connectivity index is 2.92. The molecule has 0 aromatic heterocycles. The molecule has 1 unspecified atom stereocenters. The summed E-state index contributed by atoms with van der Waals surface area (Å²) in [5.74, 6) is -0.417. The quantitative estimate of drug-likeness (QED) is 0.704. The van der Waals surface area contributed by atoms with Crippen molar-refractivity contribution in [1.82, 2.24) is 10.2 Å². The van der Waals surface area contributed by atoms with Crippen LogP contribution in [-0.2, 0) is 9.59 Å². The van der Waals surface area contributed by atoms with Crippen molar-refractivity contribution in [2.24, 2.45) is 0 Å². The average Bonchev–Trinajstić information content (AvgIpc) is 2.19. The van der Waals surface area contributed by atoms with Crippen molar-refractivity contribution in [3.8, 4) is 0 Å². The number of amides is 2. The molecular weight excluding hydrogens is 187 g/mol. The van der Waals surface area contributed by atoms with Crippen molar-refractivity contribution in [2.75, 3.05) is 19.8 Å². The molecule has 1 aliphatic heterocycles. The van der Waals surface area contributed by atoms with Crippen LogP contribution in [0.25, 0.3) is 0 Å². The van der Waals surface area contributed by atoms with Gasteiger partial charge in [-0.3, -0.25) is 9.59 Å². The standard InChI is InChI=1S/C9H15FN2O2/c1-3-9(2)8(14)11-6-7(13)12(9)5-4-10/h3-6H2,1-2H3,(H,11,14). The van der Waals surface area contributed by atoms with E-state index in [0.717, 1.165) is 0 Å². The molecule has 0 spiro atoms. The van der Waals surface area contributed by atoms with Crippen LogP contribution < -0.4 is 5.32 Å². The third-order valence-electron chi connectivity index (χ3n) is 2.78. The average molecular weight is 202 g/mol. The SMILES string of the molecule is CCC1(C)C(=O)NCC(=O)N1CCF. The summed E-state index contributed by atoms with van der Waals surface area (Å²) in [5, 5.41) is 2.51. The number of alkyl halides is 1. The molecule has 0 aromatic carbocycles. The van der Waals surface area contributed by atoms with E-state index in [9.17, 15) is 14.0 Å². The lowest BCUT2D eigenvalue weighted by atomic mass is 9.93. The fraction of sp³-hybridized carbons (Fsp3) is 0.778. The molecule has 0 aliphatic carbocycles. The maximum absolute atomic E-state index is 12.2. The van der Waals surface area contributed by atoms with E-state index in [1.807, 2.05) is 6.92 Å². The van der Waals surface area contributed by atoms with E-state index >= 15 is 0 Å². The maximum atomic E-state index is 12.2. The molecule has 80 valence electrons. The first-order valence-electron chi connectivity index (χ1n) is 4.71. The summed E-state index contributed by atoms with van der Waals surface area (Å²) in [4.78, 5) is 24.3. The van der Waals surface area contributed by atoms with E-state index in [2.05, 4.69) is 5.32 Å². The third kappa shape index (κ3) is 1.58. The highest BCUT2D eigenvalue weighted by Gasteiger charge is 2.43. The number of carbonyl (C=O) groups is 2. The summed E-state index contributed by atoms with van der Waals surface area (Å²) < 4.78 is 12.2. The van der Waals surface area contributed by atoms with E-state index < -0.39 is 12.2 Å². The molecule has 1 heterocycles. The zero-order valence-corrected chi connectivity index (χ0v) is 8.47. The number of piperazine rings is 1. The molecule has 0 saturated carbocycles. The molecule has 0 aromatic rings. The Labute approximate surface area is 82.5 Å². The van der Waals surface area contributed by atoms with Crippen LogP contribution in [0, 0.1) is 0 Å². The molecule has 5 heteroatoms. The molecule has 1 N–H and O–H groups in total. The summed E-state index contributed by atoms with van der Waals surface area (Å²) in [7, 11) is 0. The van der Waals surface area contributed by atoms with Gasteiger partial charge in [0.05, 0.1) is 13.1 Å². The van der Waals surface area contributed by atoms with Crippen molar-refractivity contribution in [3.63, 3.8) is 0 Å². The predicted octanol–water partition coefficient (Wildman–Crippen LogP) is 0.0830. The Kier molecular flexibility index (Phi) is 3.08. The zero-order chi connectivity index (χ0) is 10.8. The van der Waals surface area contributed by atoms with Crippen LogP contribution in [0.2, 0.25) is 0 Å². The van der Waals surface area contributed by atoms with E-state index in [0.29, 0.717) is 6.42 Å². The lowest BCUT2D eigenvalue weighted by Gasteiger charge is -2.42. The summed E-state index contributed by atoms with van der Waals surface area (Å²) in [6.45, 7) is 2.83. The fourth-order valence-electron chi connectivity index (χ4n) is 1.65. The highest BCUT2D eigenvalue weighted by atomic mass is 19.1. The molecule has 0 radical (unpaired) electrons. The molecule has 1 saturated heterocycles. The molecule has 4 nitrogen and oxygen atoms in total. The number of rotatable bonds is 3. The molecular formula is C9H15FN2O2. The summed E-state index contributed by atoms with van der Waals surface area (Å²) in [6.07, 6.45) is 0.491. The molecule has 1 aliphatic rings. The summed E-state index contributed by atoms with van der Waals surface area (Å²) >= 11 is 0. The van der Waals surface area contributed by atoms with Crippen LogP contribution in [0.5, 0.6) is 0 Å². The monoisotopic (exact) mass is 202 g/mol. The normalized spacial score (nSPS) is 27.8.